The minimum Gasteiger partial charge on any atom is -0.491 e. The number of hydrogen-bond acceptors (Lipinski definition) is 4. The van der Waals surface area contributed by atoms with E-state index in [1.165, 1.54) is 11.1 Å². The van der Waals surface area contributed by atoms with Gasteiger partial charge in [-0.1, -0.05) is 48.5 Å². The minimum absolute atomic E-state index is 0.277. The van der Waals surface area contributed by atoms with Crippen molar-refractivity contribution in [2.75, 3.05) is 19.7 Å². The largest absolute Gasteiger partial charge is 0.491 e. The van der Waals surface area contributed by atoms with Crippen LogP contribution in [0.25, 0.3) is 0 Å². The van der Waals surface area contributed by atoms with Crippen LogP contribution in [0.5, 0.6) is 17.2 Å². The van der Waals surface area contributed by atoms with E-state index in [2.05, 4.69) is 29.6 Å². The number of benzene rings is 3. The Morgan fingerprint density at radius 3 is 2.34 bits per heavy atom. The molecule has 0 spiro atoms. The summed E-state index contributed by atoms with van der Waals surface area (Å²) in [5, 5.41) is 13.6. The van der Waals surface area contributed by atoms with E-state index in [1.807, 2.05) is 55.5 Å². The first-order chi connectivity index (χ1) is 14.2. The van der Waals surface area contributed by atoms with Crippen molar-refractivity contribution in [1.82, 2.24) is 5.32 Å². The first-order valence-electron chi connectivity index (χ1n) is 10.1. The fourth-order valence-corrected chi connectivity index (χ4v) is 3.79. The van der Waals surface area contributed by atoms with Gasteiger partial charge in [-0.05, 0) is 49.7 Å². The van der Waals surface area contributed by atoms with E-state index in [4.69, 9.17) is 9.47 Å². The van der Waals surface area contributed by atoms with Crippen LogP contribution in [-0.2, 0) is 0 Å². The van der Waals surface area contributed by atoms with E-state index in [1.54, 1.807) is 0 Å². The lowest BCUT2D eigenvalue weighted by atomic mass is 9.85. The Bertz CT molecular complexity index is 911. The van der Waals surface area contributed by atoms with Crippen molar-refractivity contribution >= 4 is 0 Å². The van der Waals surface area contributed by atoms with Crippen LogP contribution < -0.4 is 14.8 Å². The molecule has 4 heteroatoms. The van der Waals surface area contributed by atoms with Gasteiger partial charge in [0.05, 0.1) is 0 Å². The highest BCUT2D eigenvalue weighted by Gasteiger charge is 2.26. The van der Waals surface area contributed by atoms with Crippen molar-refractivity contribution in [3.8, 4) is 17.2 Å². The van der Waals surface area contributed by atoms with Gasteiger partial charge in [0.2, 0.25) is 0 Å². The van der Waals surface area contributed by atoms with Crippen molar-refractivity contribution in [3.05, 3.63) is 89.5 Å². The molecular formula is C25H27NO3. The van der Waals surface area contributed by atoms with Gasteiger partial charge < -0.3 is 19.9 Å². The quantitative estimate of drug-likeness (QED) is 0.551. The van der Waals surface area contributed by atoms with E-state index in [0.717, 1.165) is 35.8 Å². The minimum atomic E-state index is -0.551. The molecule has 0 saturated heterocycles. The van der Waals surface area contributed by atoms with Gasteiger partial charge in [0.1, 0.15) is 30.0 Å². The van der Waals surface area contributed by atoms with Crippen LogP contribution in [0.2, 0.25) is 0 Å². The first-order valence-corrected chi connectivity index (χ1v) is 10.1. The molecule has 150 valence electrons. The van der Waals surface area contributed by atoms with E-state index in [0.29, 0.717) is 6.54 Å². The van der Waals surface area contributed by atoms with E-state index in [9.17, 15) is 5.11 Å². The van der Waals surface area contributed by atoms with Crippen molar-refractivity contribution in [2.45, 2.75) is 25.4 Å². The van der Waals surface area contributed by atoms with Crippen molar-refractivity contribution in [2.24, 2.45) is 0 Å². The van der Waals surface area contributed by atoms with Gasteiger partial charge in [0.15, 0.2) is 0 Å². The van der Waals surface area contributed by atoms with Gasteiger partial charge in [-0.3, -0.25) is 0 Å². The van der Waals surface area contributed by atoms with E-state index in [-0.39, 0.29) is 12.5 Å². The molecule has 0 bridgehead atoms. The molecule has 1 aliphatic rings. The summed E-state index contributed by atoms with van der Waals surface area (Å²) >= 11 is 0. The van der Waals surface area contributed by atoms with Gasteiger partial charge in [-0.15, -0.1) is 0 Å². The van der Waals surface area contributed by atoms with Crippen molar-refractivity contribution < 1.29 is 14.6 Å². The van der Waals surface area contributed by atoms with E-state index >= 15 is 0 Å². The molecule has 0 saturated carbocycles. The van der Waals surface area contributed by atoms with Crippen LogP contribution in [0.1, 0.15) is 29.0 Å². The van der Waals surface area contributed by atoms with Gasteiger partial charge in [-0.2, -0.15) is 0 Å². The molecule has 3 aromatic carbocycles. The van der Waals surface area contributed by atoms with E-state index < -0.39 is 6.10 Å². The molecule has 0 radical (unpaired) electrons. The molecule has 1 heterocycles. The number of para-hydroxylation sites is 2. The number of nitrogens with one attached hydrogen (secondary N) is 1. The van der Waals surface area contributed by atoms with Crippen LogP contribution in [-0.4, -0.2) is 30.9 Å². The molecule has 2 N–H and O–H groups in total. The zero-order chi connectivity index (χ0) is 20.1. The van der Waals surface area contributed by atoms with Crippen LogP contribution in [0.4, 0.5) is 0 Å². The number of rotatable bonds is 8. The van der Waals surface area contributed by atoms with Crippen LogP contribution >= 0.6 is 0 Å². The molecule has 1 atom stereocenters. The number of hydrogen-bond donors (Lipinski definition) is 2. The number of aliphatic hydroxyl groups excluding tert-OH is 1. The lowest BCUT2D eigenvalue weighted by Crippen LogP contribution is -2.32. The highest BCUT2D eigenvalue weighted by atomic mass is 16.5. The number of aryl methyl sites for hydroxylation is 1. The Kier molecular flexibility index (Phi) is 6.13. The van der Waals surface area contributed by atoms with Crippen LogP contribution in [0.15, 0.2) is 72.8 Å². The Hall–Kier alpha value is -2.82. The zero-order valence-electron chi connectivity index (χ0n) is 16.7. The SMILES string of the molecule is Cc1cccc(OCC(O)CNCCC2c3ccccc3Oc3ccccc32)c1. The molecule has 3 aromatic rings. The lowest BCUT2D eigenvalue weighted by molar-refractivity contribution is 0.106. The zero-order valence-corrected chi connectivity index (χ0v) is 16.7. The molecule has 1 aliphatic heterocycles. The summed E-state index contributed by atoms with van der Waals surface area (Å²) in [6, 6.07) is 24.3. The maximum Gasteiger partial charge on any atom is 0.131 e. The average Bonchev–Trinajstić information content (AvgIpc) is 2.74. The summed E-state index contributed by atoms with van der Waals surface area (Å²) in [5.74, 6) is 2.94. The van der Waals surface area contributed by atoms with Crippen LogP contribution in [0.3, 0.4) is 0 Å². The second kappa shape index (κ2) is 9.12. The monoisotopic (exact) mass is 389 g/mol. The standard InChI is InChI=1S/C25H27NO3/c1-18-7-6-8-20(15-18)28-17-19(27)16-26-14-13-21-22-9-2-4-11-24(22)29-25-12-5-3-10-23(21)25/h2-12,15,19,21,26-27H,13-14,16-17H2,1H3. The predicted molar refractivity (Wildman–Crippen MR) is 115 cm³/mol. The van der Waals surface area contributed by atoms with Gasteiger partial charge in [0.25, 0.3) is 0 Å². The maximum absolute atomic E-state index is 10.2. The normalized spacial score (nSPS) is 13.9. The second-order valence-corrected chi connectivity index (χ2v) is 7.50. The molecule has 4 rings (SSSR count). The maximum atomic E-state index is 10.2. The topological polar surface area (TPSA) is 50.7 Å². The second-order valence-electron chi connectivity index (χ2n) is 7.50. The summed E-state index contributed by atoms with van der Waals surface area (Å²) < 4.78 is 11.7. The summed E-state index contributed by atoms with van der Waals surface area (Å²) in [4.78, 5) is 0. The van der Waals surface area contributed by atoms with Crippen molar-refractivity contribution in [3.63, 3.8) is 0 Å². The molecule has 1 unspecified atom stereocenters. The Labute approximate surface area is 172 Å². The third-order valence-electron chi connectivity index (χ3n) is 5.23. The average molecular weight is 389 g/mol. The number of aliphatic hydroxyl groups is 1. The van der Waals surface area contributed by atoms with Crippen LogP contribution in [0, 0.1) is 6.92 Å². The Balaban J connectivity index is 1.29. The molecule has 4 nitrogen and oxygen atoms in total. The molecule has 29 heavy (non-hydrogen) atoms. The Morgan fingerprint density at radius 2 is 1.66 bits per heavy atom. The number of ether oxygens (including phenoxy) is 2. The smallest absolute Gasteiger partial charge is 0.131 e. The third-order valence-corrected chi connectivity index (χ3v) is 5.23. The fraction of sp³-hybridized carbons (Fsp3) is 0.280. The van der Waals surface area contributed by atoms with Gasteiger partial charge in [0, 0.05) is 23.6 Å². The molecule has 0 fully saturated rings. The number of fused-ring (bicyclic) bond motifs is 2. The molecule has 0 aliphatic carbocycles. The third kappa shape index (κ3) is 4.78. The van der Waals surface area contributed by atoms with Gasteiger partial charge in [-0.25, -0.2) is 0 Å². The predicted octanol–water partition coefficient (Wildman–Crippen LogP) is 4.65. The highest BCUT2D eigenvalue weighted by Crippen LogP contribution is 2.45. The van der Waals surface area contributed by atoms with Crippen molar-refractivity contribution in [1.29, 1.82) is 0 Å². The summed E-state index contributed by atoms with van der Waals surface area (Å²) in [6.07, 6.45) is 0.382. The molecule has 0 amide bonds. The molecule has 0 aromatic heterocycles. The summed E-state index contributed by atoms with van der Waals surface area (Å²) in [7, 11) is 0. The summed E-state index contributed by atoms with van der Waals surface area (Å²) in [5.41, 5.74) is 3.58. The summed E-state index contributed by atoms with van der Waals surface area (Å²) in [6.45, 7) is 3.60. The first kappa shape index (κ1) is 19.5. The molecular weight excluding hydrogens is 362 g/mol. The fourth-order valence-electron chi connectivity index (χ4n) is 3.79. The van der Waals surface area contributed by atoms with Gasteiger partial charge >= 0.3 is 0 Å². The Morgan fingerprint density at radius 1 is 0.966 bits per heavy atom. The lowest BCUT2D eigenvalue weighted by Gasteiger charge is -2.28. The highest BCUT2D eigenvalue weighted by molar-refractivity contribution is 5.53.